The van der Waals surface area contributed by atoms with Crippen molar-refractivity contribution < 1.29 is 18.8 Å². The summed E-state index contributed by atoms with van der Waals surface area (Å²) in [5.41, 5.74) is 2.74. The zero-order valence-electron chi connectivity index (χ0n) is 16.9. The Bertz CT molecular complexity index is 964. The molecule has 1 atom stereocenters. The Morgan fingerprint density at radius 1 is 1.10 bits per heavy atom. The molecule has 6 nitrogen and oxygen atoms in total. The van der Waals surface area contributed by atoms with Gasteiger partial charge in [0.05, 0.1) is 0 Å². The van der Waals surface area contributed by atoms with Crippen LogP contribution in [0.5, 0.6) is 0 Å². The van der Waals surface area contributed by atoms with Gasteiger partial charge >= 0.3 is 6.03 Å². The van der Waals surface area contributed by atoms with Crippen LogP contribution in [0.2, 0.25) is 0 Å². The minimum Gasteiger partial charge on any atom is -0.324 e. The Labute approximate surface area is 169 Å². The minimum absolute atomic E-state index is 0.275. The number of urea groups is 1. The average molecular weight is 397 g/mol. The molecule has 0 radical (unpaired) electrons. The highest BCUT2D eigenvalue weighted by atomic mass is 19.1. The number of benzene rings is 2. The molecule has 0 aromatic heterocycles. The normalized spacial score (nSPS) is 18.7. The Kier molecular flexibility index (Phi) is 5.42. The first-order chi connectivity index (χ1) is 13.7. The van der Waals surface area contributed by atoms with Gasteiger partial charge in [0.1, 0.15) is 17.9 Å². The molecule has 0 bridgehead atoms. The molecule has 0 saturated carbocycles. The van der Waals surface area contributed by atoms with Gasteiger partial charge in [-0.15, -0.1) is 0 Å². The van der Waals surface area contributed by atoms with Crippen LogP contribution in [-0.2, 0) is 15.1 Å². The summed E-state index contributed by atoms with van der Waals surface area (Å²) >= 11 is 0. The summed E-state index contributed by atoms with van der Waals surface area (Å²) in [6.45, 7) is 7.10. The molecule has 2 aromatic rings. The molecule has 3 rings (SSSR count). The quantitative estimate of drug-likeness (QED) is 0.758. The molecule has 0 aliphatic carbocycles. The number of carbonyl (C=O) groups is 3. The van der Waals surface area contributed by atoms with E-state index >= 15 is 0 Å². The fraction of sp³-hybridized carbons (Fsp3) is 0.318. The van der Waals surface area contributed by atoms with Crippen LogP contribution in [0.3, 0.4) is 0 Å². The fourth-order valence-corrected chi connectivity index (χ4v) is 3.84. The second-order valence-electron chi connectivity index (χ2n) is 7.41. The monoisotopic (exact) mass is 397 g/mol. The van der Waals surface area contributed by atoms with Crippen molar-refractivity contribution in [3.63, 3.8) is 0 Å². The molecule has 2 N–H and O–H groups in total. The number of imide groups is 1. The first kappa shape index (κ1) is 20.5. The lowest BCUT2D eigenvalue weighted by Crippen LogP contribution is -2.44. The third-order valence-electron chi connectivity index (χ3n) is 5.29. The van der Waals surface area contributed by atoms with Gasteiger partial charge in [-0.25, -0.2) is 9.18 Å². The van der Waals surface area contributed by atoms with Crippen LogP contribution in [0, 0.1) is 26.6 Å². The Morgan fingerprint density at radius 2 is 1.69 bits per heavy atom. The number of hydrogen-bond acceptors (Lipinski definition) is 3. The van der Waals surface area contributed by atoms with Crippen LogP contribution in [0.15, 0.2) is 36.4 Å². The molecule has 1 unspecified atom stereocenters. The topological polar surface area (TPSA) is 78.5 Å². The molecule has 7 heteroatoms. The smallest absolute Gasteiger partial charge is 0.324 e. The third-order valence-corrected chi connectivity index (χ3v) is 5.29. The van der Waals surface area contributed by atoms with Crippen LogP contribution in [-0.4, -0.2) is 29.3 Å². The highest BCUT2D eigenvalue weighted by Gasteiger charge is 2.51. The highest BCUT2D eigenvalue weighted by Crippen LogP contribution is 2.32. The van der Waals surface area contributed by atoms with E-state index in [0.29, 0.717) is 11.3 Å². The van der Waals surface area contributed by atoms with Crippen molar-refractivity contribution in [2.75, 3.05) is 11.9 Å². The van der Waals surface area contributed by atoms with Crippen LogP contribution < -0.4 is 10.6 Å². The summed E-state index contributed by atoms with van der Waals surface area (Å²) in [5.74, 6) is -1.42. The van der Waals surface area contributed by atoms with Crippen molar-refractivity contribution in [1.29, 1.82) is 0 Å². The van der Waals surface area contributed by atoms with Crippen LogP contribution >= 0.6 is 0 Å². The SMILES string of the molecule is CCC1(c2ccc(F)cc2)NC(=O)N(CC(=O)Nc2c(C)cc(C)cc2C)C1=O. The summed E-state index contributed by atoms with van der Waals surface area (Å²) in [4.78, 5) is 39.1. The van der Waals surface area contributed by atoms with Gasteiger partial charge in [-0.05, 0) is 56.0 Å². The molecule has 1 aliphatic heterocycles. The molecular formula is C22H24FN3O3. The van der Waals surface area contributed by atoms with Crippen LogP contribution in [0.1, 0.15) is 35.6 Å². The van der Waals surface area contributed by atoms with Gasteiger partial charge in [-0.2, -0.15) is 0 Å². The molecule has 29 heavy (non-hydrogen) atoms. The van der Waals surface area contributed by atoms with E-state index < -0.39 is 35.7 Å². The first-order valence-electron chi connectivity index (χ1n) is 9.46. The van der Waals surface area contributed by atoms with Crippen LogP contribution in [0.25, 0.3) is 0 Å². The number of rotatable bonds is 5. The van der Waals surface area contributed by atoms with E-state index in [2.05, 4.69) is 10.6 Å². The maximum Gasteiger partial charge on any atom is 0.325 e. The first-order valence-corrected chi connectivity index (χ1v) is 9.46. The van der Waals surface area contributed by atoms with Crippen molar-refractivity contribution in [2.24, 2.45) is 0 Å². The van der Waals surface area contributed by atoms with Crippen molar-refractivity contribution in [1.82, 2.24) is 10.2 Å². The van der Waals surface area contributed by atoms with Gasteiger partial charge in [-0.3, -0.25) is 14.5 Å². The standard InChI is InChI=1S/C22H24FN3O3/c1-5-22(16-6-8-17(23)9-7-16)20(28)26(21(29)25-22)12-18(27)24-19-14(3)10-13(2)11-15(19)4/h6-11H,5,12H2,1-4H3,(H,24,27)(H,25,29). The van der Waals surface area contributed by atoms with E-state index in [-0.39, 0.29) is 6.42 Å². The number of nitrogens with zero attached hydrogens (tertiary/aromatic N) is 1. The second-order valence-corrected chi connectivity index (χ2v) is 7.41. The minimum atomic E-state index is -1.30. The average Bonchev–Trinajstić information content (AvgIpc) is 2.90. The van der Waals surface area contributed by atoms with Gasteiger partial charge in [0.25, 0.3) is 5.91 Å². The van der Waals surface area contributed by atoms with Crippen molar-refractivity contribution >= 4 is 23.5 Å². The number of halogens is 1. The molecule has 152 valence electrons. The molecule has 1 fully saturated rings. The Balaban J connectivity index is 1.81. The number of carbonyl (C=O) groups excluding carboxylic acids is 3. The van der Waals surface area contributed by atoms with E-state index in [0.717, 1.165) is 21.6 Å². The van der Waals surface area contributed by atoms with Crippen molar-refractivity contribution in [3.8, 4) is 0 Å². The Morgan fingerprint density at radius 3 is 2.24 bits per heavy atom. The fourth-order valence-electron chi connectivity index (χ4n) is 3.84. The summed E-state index contributed by atoms with van der Waals surface area (Å²) in [5, 5.41) is 5.49. The van der Waals surface area contributed by atoms with Gasteiger partial charge < -0.3 is 10.6 Å². The Hall–Kier alpha value is -3.22. The molecular weight excluding hydrogens is 373 g/mol. The molecule has 1 saturated heterocycles. The predicted octanol–water partition coefficient (Wildman–Crippen LogP) is 3.55. The predicted molar refractivity (Wildman–Crippen MR) is 108 cm³/mol. The zero-order valence-corrected chi connectivity index (χ0v) is 16.9. The third kappa shape index (κ3) is 3.72. The zero-order chi connectivity index (χ0) is 21.3. The van der Waals surface area contributed by atoms with E-state index in [9.17, 15) is 18.8 Å². The van der Waals surface area contributed by atoms with E-state index in [4.69, 9.17) is 0 Å². The van der Waals surface area contributed by atoms with E-state index in [1.165, 1.54) is 24.3 Å². The summed E-state index contributed by atoms with van der Waals surface area (Å²) in [6.07, 6.45) is 0.275. The number of anilines is 1. The second kappa shape index (κ2) is 7.66. The van der Waals surface area contributed by atoms with Gasteiger partial charge in [0.2, 0.25) is 5.91 Å². The van der Waals surface area contributed by atoms with Crippen molar-refractivity contribution in [3.05, 3.63) is 64.5 Å². The molecule has 2 aromatic carbocycles. The van der Waals surface area contributed by atoms with E-state index in [1.54, 1.807) is 6.92 Å². The molecule has 1 aliphatic rings. The van der Waals surface area contributed by atoms with Gasteiger partial charge in [0.15, 0.2) is 0 Å². The largest absolute Gasteiger partial charge is 0.325 e. The number of hydrogen-bond donors (Lipinski definition) is 2. The van der Waals surface area contributed by atoms with E-state index in [1.807, 2.05) is 32.9 Å². The number of amides is 4. The molecule has 4 amide bonds. The summed E-state index contributed by atoms with van der Waals surface area (Å²) in [6, 6.07) is 8.68. The van der Waals surface area contributed by atoms with Crippen molar-refractivity contribution in [2.45, 2.75) is 39.7 Å². The summed E-state index contributed by atoms with van der Waals surface area (Å²) in [7, 11) is 0. The lowest BCUT2D eigenvalue weighted by atomic mass is 9.87. The lowest BCUT2D eigenvalue weighted by Gasteiger charge is -2.25. The molecule has 1 heterocycles. The lowest BCUT2D eigenvalue weighted by molar-refractivity contribution is -0.134. The van der Waals surface area contributed by atoms with Gasteiger partial charge in [-0.1, -0.05) is 36.8 Å². The summed E-state index contributed by atoms with van der Waals surface area (Å²) < 4.78 is 13.3. The number of nitrogens with one attached hydrogen (secondary N) is 2. The maximum atomic E-state index is 13.3. The van der Waals surface area contributed by atoms with Gasteiger partial charge in [0, 0.05) is 5.69 Å². The number of aryl methyl sites for hydroxylation is 3. The maximum absolute atomic E-state index is 13.3. The van der Waals surface area contributed by atoms with Crippen LogP contribution in [0.4, 0.5) is 14.9 Å². The molecule has 0 spiro atoms. The highest BCUT2D eigenvalue weighted by molar-refractivity contribution is 6.10.